The van der Waals surface area contributed by atoms with Gasteiger partial charge in [0.15, 0.2) is 0 Å². The maximum atomic E-state index is 13.0. The third-order valence-electron chi connectivity index (χ3n) is 3.51. The molecule has 5 nitrogen and oxygen atoms in total. The molecule has 6 heteroatoms. The van der Waals surface area contributed by atoms with Crippen molar-refractivity contribution in [2.75, 3.05) is 38.0 Å². The monoisotopic (exact) mass is 293 g/mol. The Morgan fingerprint density at radius 2 is 2.05 bits per heavy atom. The molecule has 0 unspecified atom stereocenters. The Kier molecular flexibility index (Phi) is 5.27. The molecule has 1 fully saturated rings. The maximum Gasteiger partial charge on any atom is 0.238 e. The Bertz CT molecular complexity index is 521. The predicted octanol–water partition coefficient (Wildman–Crippen LogP) is 1.32. The molecular formula is C15H20FN3O2. The quantitative estimate of drug-likeness (QED) is 0.914. The largest absolute Gasteiger partial charge is 0.342 e. The number of hydrogen-bond donors (Lipinski definition) is 1. The summed E-state index contributed by atoms with van der Waals surface area (Å²) >= 11 is 0. The van der Waals surface area contributed by atoms with Gasteiger partial charge in [-0.3, -0.25) is 14.5 Å². The molecule has 0 aliphatic carbocycles. The fraction of sp³-hybridized carbons (Fsp3) is 0.467. The van der Waals surface area contributed by atoms with Gasteiger partial charge in [-0.05, 0) is 24.6 Å². The van der Waals surface area contributed by atoms with E-state index in [4.69, 9.17) is 0 Å². The maximum absolute atomic E-state index is 13.0. The average molecular weight is 293 g/mol. The number of anilines is 1. The summed E-state index contributed by atoms with van der Waals surface area (Å²) in [4.78, 5) is 27.1. The molecule has 1 saturated heterocycles. The first kappa shape index (κ1) is 15.4. The molecule has 0 bridgehead atoms. The molecule has 1 heterocycles. The molecule has 0 saturated carbocycles. The molecule has 1 N–H and O–H groups in total. The van der Waals surface area contributed by atoms with Crippen molar-refractivity contribution in [3.8, 4) is 0 Å². The van der Waals surface area contributed by atoms with Crippen LogP contribution in [-0.4, -0.2) is 54.3 Å². The van der Waals surface area contributed by atoms with E-state index in [0.717, 1.165) is 19.5 Å². The van der Waals surface area contributed by atoms with Crippen LogP contribution in [-0.2, 0) is 9.59 Å². The predicted molar refractivity (Wildman–Crippen MR) is 78.3 cm³/mol. The van der Waals surface area contributed by atoms with Crippen LogP contribution < -0.4 is 5.32 Å². The van der Waals surface area contributed by atoms with Crippen molar-refractivity contribution in [1.82, 2.24) is 9.80 Å². The number of benzene rings is 1. The van der Waals surface area contributed by atoms with Gasteiger partial charge in [0.2, 0.25) is 11.8 Å². The Balaban J connectivity index is 1.84. The summed E-state index contributed by atoms with van der Waals surface area (Å²) in [6.07, 6.45) is 0.854. The lowest BCUT2D eigenvalue weighted by atomic mass is 10.3. The second-order valence-corrected chi connectivity index (χ2v) is 5.19. The van der Waals surface area contributed by atoms with Crippen molar-refractivity contribution < 1.29 is 14.0 Å². The second-order valence-electron chi connectivity index (χ2n) is 5.19. The number of hydrogen-bond acceptors (Lipinski definition) is 3. The van der Waals surface area contributed by atoms with E-state index in [2.05, 4.69) is 5.32 Å². The summed E-state index contributed by atoms with van der Waals surface area (Å²) in [5.41, 5.74) is 0.459. The van der Waals surface area contributed by atoms with Crippen LogP contribution in [0.2, 0.25) is 0 Å². The van der Waals surface area contributed by atoms with Crippen molar-refractivity contribution >= 4 is 17.5 Å². The molecule has 21 heavy (non-hydrogen) atoms. The Hall–Kier alpha value is -1.95. The van der Waals surface area contributed by atoms with Gasteiger partial charge in [0.25, 0.3) is 0 Å². The smallest absolute Gasteiger partial charge is 0.238 e. The van der Waals surface area contributed by atoms with Gasteiger partial charge in [0, 0.05) is 38.8 Å². The van der Waals surface area contributed by atoms with E-state index in [0.29, 0.717) is 18.8 Å². The minimum Gasteiger partial charge on any atom is -0.342 e. The number of carbonyl (C=O) groups excluding carboxylic acids is 2. The van der Waals surface area contributed by atoms with Crippen LogP contribution in [0.4, 0.5) is 10.1 Å². The van der Waals surface area contributed by atoms with Crippen LogP contribution in [0.15, 0.2) is 24.3 Å². The second kappa shape index (κ2) is 7.17. The normalized spacial score (nSPS) is 16.4. The van der Waals surface area contributed by atoms with E-state index >= 15 is 0 Å². The molecule has 1 aliphatic rings. The topological polar surface area (TPSA) is 52.7 Å². The molecule has 0 spiro atoms. The molecule has 114 valence electrons. The van der Waals surface area contributed by atoms with Crippen LogP contribution >= 0.6 is 0 Å². The minimum atomic E-state index is -0.375. The molecule has 2 rings (SSSR count). The summed E-state index contributed by atoms with van der Waals surface area (Å²) in [7, 11) is 0. The number of amides is 2. The highest BCUT2D eigenvalue weighted by atomic mass is 19.1. The van der Waals surface area contributed by atoms with Crippen LogP contribution in [0, 0.1) is 5.82 Å². The summed E-state index contributed by atoms with van der Waals surface area (Å²) < 4.78 is 13.0. The van der Waals surface area contributed by atoms with E-state index in [1.165, 1.54) is 12.1 Å². The molecule has 0 radical (unpaired) electrons. The first-order valence-corrected chi connectivity index (χ1v) is 7.08. The standard InChI is InChI=1S/C15H20FN3O2/c1-12(20)19-7-3-6-18(8-9-19)11-15(21)17-14-5-2-4-13(16)10-14/h2,4-5,10H,3,6-9,11H2,1H3,(H,17,21). The van der Waals surface area contributed by atoms with Gasteiger partial charge < -0.3 is 10.2 Å². The van der Waals surface area contributed by atoms with Gasteiger partial charge in [-0.25, -0.2) is 4.39 Å². The van der Waals surface area contributed by atoms with Gasteiger partial charge in [-0.1, -0.05) is 6.07 Å². The van der Waals surface area contributed by atoms with Crippen molar-refractivity contribution in [2.24, 2.45) is 0 Å². The molecule has 1 aromatic carbocycles. The SMILES string of the molecule is CC(=O)N1CCCN(CC(=O)Nc2cccc(F)c2)CC1. The van der Waals surface area contributed by atoms with Crippen molar-refractivity contribution in [1.29, 1.82) is 0 Å². The number of nitrogens with one attached hydrogen (secondary N) is 1. The number of rotatable bonds is 3. The van der Waals surface area contributed by atoms with E-state index in [-0.39, 0.29) is 24.2 Å². The molecular weight excluding hydrogens is 273 g/mol. The van der Waals surface area contributed by atoms with Crippen LogP contribution in [0.1, 0.15) is 13.3 Å². The lowest BCUT2D eigenvalue weighted by Gasteiger charge is -2.20. The lowest BCUT2D eigenvalue weighted by molar-refractivity contribution is -0.128. The fourth-order valence-electron chi connectivity index (χ4n) is 2.41. The number of nitrogens with zero attached hydrogens (tertiary/aromatic N) is 2. The third-order valence-corrected chi connectivity index (χ3v) is 3.51. The molecule has 2 amide bonds. The highest BCUT2D eigenvalue weighted by molar-refractivity contribution is 5.92. The zero-order valence-corrected chi connectivity index (χ0v) is 12.1. The Morgan fingerprint density at radius 1 is 1.24 bits per heavy atom. The summed E-state index contributed by atoms with van der Waals surface area (Å²) in [5, 5.41) is 2.68. The van der Waals surface area contributed by atoms with Crippen molar-refractivity contribution in [3.63, 3.8) is 0 Å². The van der Waals surface area contributed by atoms with Gasteiger partial charge in [0.1, 0.15) is 5.82 Å². The van der Waals surface area contributed by atoms with Gasteiger partial charge in [-0.2, -0.15) is 0 Å². The highest BCUT2D eigenvalue weighted by Crippen LogP contribution is 2.09. The van der Waals surface area contributed by atoms with Crippen LogP contribution in [0.25, 0.3) is 0 Å². The average Bonchev–Trinajstić information content (AvgIpc) is 2.64. The third kappa shape index (κ3) is 4.82. The van der Waals surface area contributed by atoms with Crippen LogP contribution in [0.3, 0.4) is 0 Å². The molecule has 0 atom stereocenters. The van der Waals surface area contributed by atoms with E-state index < -0.39 is 0 Å². The Labute approximate surface area is 123 Å². The van der Waals surface area contributed by atoms with E-state index in [1.807, 2.05) is 4.90 Å². The first-order chi connectivity index (χ1) is 10.0. The zero-order valence-electron chi connectivity index (χ0n) is 12.1. The molecule has 1 aromatic rings. The highest BCUT2D eigenvalue weighted by Gasteiger charge is 2.18. The lowest BCUT2D eigenvalue weighted by Crippen LogP contribution is -2.37. The fourth-order valence-corrected chi connectivity index (χ4v) is 2.41. The van der Waals surface area contributed by atoms with Gasteiger partial charge in [-0.15, -0.1) is 0 Å². The molecule has 1 aliphatic heterocycles. The first-order valence-electron chi connectivity index (χ1n) is 7.08. The summed E-state index contributed by atoms with van der Waals surface area (Å²) in [6, 6.07) is 5.83. The van der Waals surface area contributed by atoms with Crippen molar-refractivity contribution in [2.45, 2.75) is 13.3 Å². The molecule has 0 aromatic heterocycles. The van der Waals surface area contributed by atoms with Gasteiger partial charge in [0.05, 0.1) is 6.54 Å². The van der Waals surface area contributed by atoms with Crippen LogP contribution in [0.5, 0.6) is 0 Å². The zero-order chi connectivity index (χ0) is 15.2. The Morgan fingerprint density at radius 3 is 2.76 bits per heavy atom. The van der Waals surface area contributed by atoms with E-state index in [9.17, 15) is 14.0 Å². The number of halogens is 1. The number of carbonyl (C=O) groups is 2. The minimum absolute atomic E-state index is 0.0704. The van der Waals surface area contributed by atoms with Crippen molar-refractivity contribution in [3.05, 3.63) is 30.1 Å². The summed E-state index contributed by atoms with van der Waals surface area (Å²) in [5.74, 6) is -0.474. The van der Waals surface area contributed by atoms with Gasteiger partial charge >= 0.3 is 0 Å². The summed E-state index contributed by atoms with van der Waals surface area (Å²) in [6.45, 7) is 4.64. The van der Waals surface area contributed by atoms with E-state index in [1.54, 1.807) is 24.0 Å².